The predicted molar refractivity (Wildman–Crippen MR) is 61.6 cm³/mol. The molecule has 0 aliphatic heterocycles. The Kier molecular flexibility index (Phi) is 4.29. The van der Waals surface area contributed by atoms with Crippen molar-refractivity contribution in [3.63, 3.8) is 0 Å². The summed E-state index contributed by atoms with van der Waals surface area (Å²) >= 11 is 0. The lowest BCUT2D eigenvalue weighted by Crippen LogP contribution is -2.44. The number of hydrogen-bond donors (Lipinski definition) is 3. The van der Waals surface area contributed by atoms with Crippen LogP contribution in [0.25, 0.3) is 0 Å². The van der Waals surface area contributed by atoms with Crippen LogP contribution in [0.4, 0.5) is 0 Å². The molecule has 2 amide bonds. The minimum atomic E-state index is -0.688. The number of rotatable bonds is 7. The van der Waals surface area contributed by atoms with E-state index in [0.717, 1.165) is 12.5 Å². The molecule has 4 N–H and O–H groups in total. The SMILES string of the molecule is CC(C)(CNC(=O)CNCC1CC1)C(N)=O. The molecule has 92 valence electrons. The van der Waals surface area contributed by atoms with Crippen LogP contribution < -0.4 is 16.4 Å². The van der Waals surface area contributed by atoms with Gasteiger partial charge in [0.15, 0.2) is 0 Å². The monoisotopic (exact) mass is 227 g/mol. The van der Waals surface area contributed by atoms with Crippen molar-refractivity contribution in [1.29, 1.82) is 0 Å². The lowest BCUT2D eigenvalue weighted by atomic mass is 9.93. The quantitative estimate of drug-likeness (QED) is 0.554. The van der Waals surface area contributed by atoms with Crippen LogP contribution in [0.2, 0.25) is 0 Å². The van der Waals surface area contributed by atoms with Crippen LogP contribution in [0.3, 0.4) is 0 Å². The van der Waals surface area contributed by atoms with E-state index < -0.39 is 11.3 Å². The van der Waals surface area contributed by atoms with E-state index in [4.69, 9.17) is 5.73 Å². The highest BCUT2D eigenvalue weighted by atomic mass is 16.2. The highest BCUT2D eigenvalue weighted by Gasteiger charge is 2.25. The summed E-state index contributed by atoms with van der Waals surface area (Å²) in [4.78, 5) is 22.4. The molecule has 1 aliphatic carbocycles. The highest BCUT2D eigenvalue weighted by molar-refractivity contribution is 5.82. The summed E-state index contributed by atoms with van der Waals surface area (Å²) in [7, 11) is 0. The minimum absolute atomic E-state index is 0.0880. The van der Waals surface area contributed by atoms with Crippen molar-refractivity contribution in [3.8, 4) is 0 Å². The Morgan fingerprint density at radius 3 is 2.50 bits per heavy atom. The average molecular weight is 227 g/mol. The zero-order valence-electron chi connectivity index (χ0n) is 10.0. The molecule has 0 spiro atoms. The molecular weight excluding hydrogens is 206 g/mol. The Labute approximate surface area is 96.1 Å². The number of amides is 2. The smallest absolute Gasteiger partial charge is 0.233 e. The largest absolute Gasteiger partial charge is 0.369 e. The van der Waals surface area contributed by atoms with E-state index in [-0.39, 0.29) is 12.5 Å². The molecule has 1 fully saturated rings. The van der Waals surface area contributed by atoms with Crippen molar-refractivity contribution in [1.82, 2.24) is 10.6 Å². The second kappa shape index (κ2) is 5.30. The van der Waals surface area contributed by atoms with Gasteiger partial charge in [-0.3, -0.25) is 9.59 Å². The molecule has 5 nitrogen and oxygen atoms in total. The van der Waals surface area contributed by atoms with Gasteiger partial charge in [0.05, 0.1) is 12.0 Å². The van der Waals surface area contributed by atoms with Gasteiger partial charge < -0.3 is 16.4 Å². The fourth-order valence-electron chi connectivity index (χ4n) is 1.18. The van der Waals surface area contributed by atoms with Crippen molar-refractivity contribution >= 4 is 11.8 Å². The molecular formula is C11H21N3O2. The van der Waals surface area contributed by atoms with Gasteiger partial charge >= 0.3 is 0 Å². The molecule has 0 aromatic rings. The van der Waals surface area contributed by atoms with Crippen molar-refractivity contribution < 1.29 is 9.59 Å². The van der Waals surface area contributed by atoms with E-state index in [1.54, 1.807) is 13.8 Å². The molecule has 0 aromatic heterocycles. The number of nitrogens with two attached hydrogens (primary N) is 1. The van der Waals surface area contributed by atoms with Gasteiger partial charge in [0, 0.05) is 6.54 Å². The molecule has 0 unspecified atom stereocenters. The van der Waals surface area contributed by atoms with Gasteiger partial charge in [0.25, 0.3) is 0 Å². The Morgan fingerprint density at radius 2 is 2.00 bits per heavy atom. The second-order valence-corrected chi connectivity index (χ2v) is 5.10. The van der Waals surface area contributed by atoms with E-state index in [9.17, 15) is 9.59 Å². The molecule has 5 heteroatoms. The van der Waals surface area contributed by atoms with E-state index in [1.807, 2.05) is 0 Å². The molecule has 0 bridgehead atoms. The van der Waals surface area contributed by atoms with E-state index >= 15 is 0 Å². The van der Waals surface area contributed by atoms with E-state index in [0.29, 0.717) is 6.54 Å². The van der Waals surface area contributed by atoms with Crippen molar-refractivity contribution in [3.05, 3.63) is 0 Å². The second-order valence-electron chi connectivity index (χ2n) is 5.10. The first-order valence-electron chi connectivity index (χ1n) is 5.69. The number of carbonyl (C=O) groups is 2. The minimum Gasteiger partial charge on any atom is -0.369 e. The first-order valence-corrected chi connectivity index (χ1v) is 5.69. The summed E-state index contributed by atoms with van der Waals surface area (Å²) in [5, 5.41) is 5.78. The van der Waals surface area contributed by atoms with Crippen LogP contribution >= 0.6 is 0 Å². The van der Waals surface area contributed by atoms with Crippen molar-refractivity contribution in [2.24, 2.45) is 17.1 Å². The first-order chi connectivity index (χ1) is 7.42. The van der Waals surface area contributed by atoms with Gasteiger partial charge in [0.2, 0.25) is 11.8 Å². The Hall–Kier alpha value is -1.10. The van der Waals surface area contributed by atoms with Gasteiger partial charge in [0.1, 0.15) is 0 Å². The van der Waals surface area contributed by atoms with E-state index in [2.05, 4.69) is 10.6 Å². The summed E-state index contributed by atoms with van der Waals surface area (Å²) in [6.45, 7) is 4.94. The molecule has 0 aromatic carbocycles. The van der Waals surface area contributed by atoms with Crippen LogP contribution in [-0.2, 0) is 9.59 Å². The zero-order chi connectivity index (χ0) is 12.2. The van der Waals surface area contributed by atoms with Gasteiger partial charge in [-0.05, 0) is 39.2 Å². The van der Waals surface area contributed by atoms with Crippen LogP contribution in [0.1, 0.15) is 26.7 Å². The maximum Gasteiger partial charge on any atom is 0.233 e. The third-order valence-electron chi connectivity index (χ3n) is 2.81. The van der Waals surface area contributed by atoms with Gasteiger partial charge in [-0.2, -0.15) is 0 Å². The summed E-state index contributed by atoms with van der Waals surface area (Å²) in [6, 6.07) is 0. The maximum absolute atomic E-state index is 11.4. The standard InChI is InChI=1S/C11H21N3O2/c1-11(2,10(12)16)7-14-9(15)6-13-5-8-3-4-8/h8,13H,3-7H2,1-2H3,(H2,12,16)(H,14,15). The maximum atomic E-state index is 11.4. The molecule has 0 saturated heterocycles. The lowest BCUT2D eigenvalue weighted by Gasteiger charge is -2.20. The van der Waals surface area contributed by atoms with Crippen LogP contribution in [0.5, 0.6) is 0 Å². The Bertz CT molecular complexity index is 272. The van der Waals surface area contributed by atoms with Crippen LogP contribution in [0, 0.1) is 11.3 Å². The summed E-state index contributed by atoms with van der Waals surface area (Å²) in [5.41, 5.74) is 4.51. The fraction of sp³-hybridized carbons (Fsp3) is 0.818. The Morgan fingerprint density at radius 1 is 1.38 bits per heavy atom. The van der Waals surface area contributed by atoms with Crippen LogP contribution in [-0.4, -0.2) is 31.4 Å². The van der Waals surface area contributed by atoms with E-state index in [1.165, 1.54) is 12.8 Å². The third kappa shape index (κ3) is 4.61. The third-order valence-corrected chi connectivity index (χ3v) is 2.81. The number of hydrogen-bond acceptors (Lipinski definition) is 3. The first kappa shape index (κ1) is 13.0. The van der Waals surface area contributed by atoms with Gasteiger partial charge in [-0.25, -0.2) is 0 Å². The van der Waals surface area contributed by atoms with Crippen LogP contribution in [0.15, 0.2) is 0 Å². The molecule has 1 aliphatic rings. The van der Waals surface area contributed by atoms with Gasteiger partial charge in [-0.1, -0.05) is 0 Å². The molecule has 0 atom stereocenters. The topological polar surface area (TPSA) is 84.2 Å². The zero-order valence-corrected chi connectivity index (χ0v) is 10.0. The number of nitrogens with one attached hydrogen (secondary N) is 2. The number of primary amides is 1. The molecule has 1 saturated carbocycles. The predicted octanol–water partition coefficient (Wildman–Crippen LogP) is -0.386. The Balaban J connectivity index is 2.10. The summed E-state index contributed by atoms with van der Waals surface area (Å²) in [5.74, 6) is 0.267. The van der Waals surface area contributed by atoms with Gasteiger partial charge in [-0.15, -0.1) is 0 Å². The lowest BCUT2D eigenvalue weighted by molar-refractivity contribution is -0.126. The normalized spacial score (nSPS) is 15.9. The molecule has 0 radical (unpaired) electrons. The average Bonchev–Trinajstić information content (AvgIpc) is 2.98. The summed E-state index contributed by atoms with van der Waals surface area (Å²) < 4.78 is 0. The van der Waals surface area contributed by atoms with Crippen molar-refractivity contribution in [2.45, 2.75) is 26.7 Å². The molecule has 0 heterocycles. The number of carbonyl (C=O) groups excluding carboxylic acids is 2. The summed E-state index contributed by atoms with van der Waals surface area (Å²) in [6.07, 6.45) is 2.53. The van der Waals surface area contributed by atoms with Crippen molar-refractivity contribution in [2.75, 3.05) is 19.6 Å². The highest BCUT2D eigenvalue weighted by Crippen LogP contribution is 2.27. The molecule has 1 rings (SSSR count). The fourth-order valence-corrected chi connectivity index (χ4v) is 1.18. The molecule has 16 heavy (non-hydrogen) atoms.